The van der Waals surface area contributed by atoms with Crippen molar-refractivity contribution in [3.8, 4) is 0 Å². The smallest absolute Gasteiger partial charge is 0.340 e. The summed E-state index contributed by atoms with van der Waals surface area (Å²) in [7, 11) is 0. The average Bonchev–Trinajstić information content (AvgIpc) is 3.11. The Hall–Kier alpha value is -3.03. The third-order valence-corrected chi connectivity index (χ3v) is 4.47. The Labute approximate surface area is 155 Å². The van der Waals surface area contributed by atoms with Gasteiger partial charge in [0, 0.05) is 17.5 Å². The van der Waals surface area contributed by atoms with Crippen LogP contribution < -0.4 is 10.6 Å². The van der Waals surface area contributed by atoms with Crippen molar-refractivity contribution >= 4 is 28.8 Å². The van der Waals surface area contributed by atoms with Crippen LogP contribution in [-0.4, -0.2) is 35.5 Å². The van der Waals surface area contributed by atoms with Crippen LogP contribution in [0.2, 0.25) is 0 Å². The highest BCUT2D eigenvalue weighted by Crippen LogP contribution is 2.19. The van der Waals surface area contributed by atoms with Crippen LogP contribution in [0.25, 0.3) is 10.9 Å². The van der Waals surface area contributed by atoms with E-state index in [1.54, 1.807) is 6.92 Å². The van der Waals surface area contributed by atoms with Crippen molar-refractivity contribution in [2.24, 2.45) is 0 Å². The second-order valence-corrected chi connectivity index (χ2v) is 6.54. The summed E-state index contributed by atoms with van der Waals surface area (Å²) >= 11 is 0. The molecular formula is C19H20FN3O4. The number of carbonyl (C=O) groups is 3. The number of hydrogen-bond acceptors (Lipinski definition) is 5. The van der Waals surface area contributed by atoms with E-state index < -0.39 is 30.3 Å². The highest BCUT2D eigenvalue weighted by Gasteiger charge is 2.19. The van der Waals surface area contributed by atoms with E-state index in [1.807, 2.05) is 0 Å². The minimum Gasteiger partial charge on any atom is -0.452 e. The zero-order valence-corrected chi connectivity index (χ0v) is 14.9. The van der Waals surface area contributed by atoms with Gasteiger partial charge < -0.3 is 10.1 Å². The zero-order chi connectivity index (χ0) is 19.4. The normalized spacial score (nSPS) is 14.1. The number of carbonyl (C=O) groups excluding carboxylic acids is 3. The van der Waals surface area contributed by atoms with Gasteiger partial charge in [-0.3, -0.25) is 15.1 Å². The lowest BCUT2D eigenvalue weighted by Gasteiger charge is -2.12. The van der Waals surface area contributed by atoms with E-state index >= 15 is 0 Å². The molecule has 3 rings (SSSR count). The van der Waals surface area contributed by atoms with Gasteiger partial charge in [0.2, 0.25) is 0 Å². The molecule has 8 heteroatoms. The van der Waals surface area contributed by atoms with Crippen LogP contribution in [0, 0.1) is 12.7 Å². The number of fused-ring (bicyclic) bond motifs is 1. The SMILES string of the molecule is Cc1nc2cc(F)ccc2cc1C(=O)OCC(=O)NC(=O)NC1CCCC1. The van der Waals surface area contributed by atoms with E-state index in [2.05, 4.69) is 15.6 Å². The number of rotatable bonds is 4. The fourth-order valence-corrected chi connectivity index (χ4v) is 3.11. The molecule has 1 aromatic carbocycles. The van der Waals surface area contributed by atoms with Crippen LogP contribution >= 0.6 is 0 Å². The van der Waals surface area contributed by atoms with E-state index in [4.69, 9.17) is 4.74 Å². The fraction of sp³-hybridized carbons (Fsp3) is 0.368. The summed E-state index contributed by atoms with van der Waals surface area (Å²) in [6, 6.07) is 5.07. The number of pyridine rings is 1. The van der Waals surface area contributed by atoms with Crippen LogP contribution in [0.3, 0.4) is 0 Å². The summed E-state index contributed by atoms with van der Waals surface area (Å²) in [4.78, 5) is 39.9. The Morgan fingerprint density at radius 3 is 2.70 bits per heavy atom. The summed E-state index contributed by atoms with van der Waals surface area (Å²) in [5.74, 6) is -1.87. The van der Waals surface area contributed by atoms with Gasteiger partial charge >= 0.3 is 12.0 Å². The molecule has 0 radical (unpaired) electrons. The number of amides is 3. The minimum atomic E-state index is -0.738. The number of nitrogens with one attached hydrogen (secondary N) is 2. The predicted octanol–water partition coefficient (Wildman–Crippen LogP) is 2.61. The molecule has 0 saturated heterocycles. The molecule has 0 spiro atoms. The average molecular weight is 373 g/mol. The van der Waals surface area contributed by atoms with Gasteiger partial charge in [-0.2, -0.15) is 0 Å². The first kappa shape index (κ1) is 18.8. The lowest BCUT2D eigenvalue weighted by molar-refractivity contribution is -0.123. The number of ether oxygens (including phenoxy) is 1. The molecule has 1 aliphatic rings. The van der Waals surface area contributed by atoms with Crippen LogP contribution in [0.15, 0.2) is 24.3 Å². The Morgan fingerprint density at radius 2 is 1.96 bits per heavy atom. The number of nitrogens with zero attached hydrogens (tertiary/aromatic N) is 1. The van der Waals surface area contributed by atoms with Gasteiger partial charge in [-0.15, -0.1) is 0 Å². The van der Waals surface area contributed by atoms with E-state index in [0.717, 1.165) is 25.7 Å². The molecule has 0 bridgehead atoms. The first-order chi connectivity index (χ1) is 12.9. The van der Waals surface area contributed by atoms with Crippen LogP contribution in [0.4, 0.5) is 9.18 Å². The van der Waals surface area contributed by atoms with Gasteiger partial charge in [0.1, 0.15) is 5.82 Å². The summed E-state index contributed by atoms with van der Waals surface area (Å²) < 4.78 is 18.2. The van der Waals surface area contributed by atoms with Crippen molar-refractivity contribution in [1.29, 1.82) is 0 Å². The van der Waals surface area contributed by atoms with Gasteiger partial charge in [-0.25, -0.2) is 14.0 Å². The molecular weight excluding hydrogens is 353 g/mol. The standard InChI is InChI=1S/C19H20FN3O4/c1-11-15(8-12-6-7-13(20)9-16(12)21-11)18(25)27-10-17(24)23-19(26)22-14-4-2-3-5-14/h6-9,14H,2-5,10H2,1H3,(H2,22,23,24,26). The quantitative estimate of drug-likeness (QED) is 0.803. The highest BCUT2D eigenvalue weighted by atomic mass is 19.1. The van der Waals surface area contributed by atoms with E-state index in [0.29, 0.717) is 16.6 Å². The molecule has 142 valence electrons. The molecule has 7 nitrogen and oxygen atoms in total. The first-order valence-electron chi connectivity index (χ1n) is 8.77. The number of halogens is 1. The van der Waals surface area contributed by atoms with Crippen molar-refractivity contribution in [1.82, 2.24) is 15.6 Å². The molecule has 0 unspecified atom stereocenters. The second kappa shape index (κ2) is 8.11. The van der Waals surface area contributed by atoms with Gasteiger partial charge in [0.25, 0.3) is 5.91 Å². The molecule has 0 aliphatic heterocycles. The predicted molar refractivity (Wildman–Crippen MR) is 95.7 cm³/mol. The summed E-state index contributed by atoms with van der Waals surface area (Å²) in [5.41, 5.74) is 0.958. The molecule has 1 aliphatic carbocycles. The first-order valence-corrected chi connectivity index (χ1v) is 8.77. The zero-order valence-electron chi connectivity index (χ0n) is 14.9. The highest BCUT2D eigenvalue weighted by molar-refractivity contribution is 5.98. The molecule has 1 aromatic heterocycles. The Kier molecular flexibility index (Phi) is 5.63. The van der Waals surface area contributed by atoms with E-state index in [-0.39, 0.29) is 11.6 Å². The lowest BCUT2D eigenvalue weighted by Crippen LogP contribution is -2.45. The van der Waals surface area contributed by atoms with Crippen LogP contribution in [-0.2, 0) is 9.53 Å². The van der Waals surface area contributed by atoms with Crippen molar-refractivity contribution in [2.75, 3.05) is 6.61 Å². The van der Waals surface area contributed by atoms with Crippen LogP contribution in [0.1, 0.15) is 41.7 Å². The third kappa shape index (κ3) is 4.78. The molecule has 1 saturated carbocycles. The number of aryl methyl sites for hydroxylation is 1. The van der Waals surface area contributed by atoms with Crippen LogP contribution in [0.5, 0.6) is 0 Å². The second-order valence-electron chi connectivity index (χ2n) is 6.54. The monoisotopic (exact) mass is 373 g/mol. The largest absolute Gasteiger partial charge is 0.452 e. The molecule has 2 N–H and O–H groups in total. The fourth-order valence-electron chi connectivity index (χ4n) is 3.11. The maximum absolute atomic E-state index is 13.3. The number of urea groups is 1. The number of imide groups is 1. The maximum atomic E-state index is 13.3. The van der Waals surface area contributed by atoms with E-state index in [1.165, 1.54) is 24.3 Å². The summed E-state index contributed by atoms with van der Waals surface area (Å²) in [6.45, 7) is 1.01. The van der Waals surface area contributed by atoms with Gasteiger partial charge in [-0.05, 0) is 38.0 Å². The number of benzene rings is 1. The molecule has 1 fully saturated rings. The Bertz CT molecular complexity index is 894. The number of aromatic nitrogens is 1. The van der Waals surface area contributed by atoms with Crippen molar-refractivity contribution in [3.05, 3.63) is 41.3 Å². The molecule has 1 heterocycles. The molecule has 27 heavy (non-hydrogen) atoms. The minimum absolute atomic E-state index is 0.0801. The number of hydrogen-bond donors (Lipinski definition) is 2. The Balaban J connectivity index is 1.56. The topological polar surface area (TPSA) is 97.4 Å². The molecule has 3 amide bonds. The lowest BCUT2D eigenvalue weighted by atomic mass is 10.1. The third-order valence-electron chi connectivity index (χ3n) is 4.47. The van der Waals surface area contributed by atoms with Gasteiger partial charge in [0.15, 0.2) is 6.61 Å². The molecule has 2 aromatic rings. The molecule has 0 atom stereocenters. The summed E-state index contributed by atoms with van der Waals surface area (Å²) in [6.07, 6.45) is 3.91. The summed E-state index contributed by atoms with van der Waals surface area (Å²) in [5, 5.41) is 5.43. The van der Waals surface area contributed by atoms with Crippen molar-refractivity contribution in [3.63, 3.8) is 0 Å². The van der Waals surface area contributed by atoms with E-state index in [9.17, 15) is 18.8 Å². The maximum Gasteiger partial charge on any atom is 0.340 e. The Morgan fingerprint density at radius 1 is 1.22 bits per heavy atom. The van der Waals surface area contributed by atoms with Gasteiger partial charge in [-0.1, -0.05) is 12.8 Å². The number of esters is 1. The van der Waals surface area contributed by atoms with Crippen molar-refractivity contribution in [2.45, 2.75) is 38.6 Å². The van der Waals surface area contributed by atoms with Crippen molar-refractivity contribution < 1.29 is 23.5 Å². The van der Waals surface area contributed by atoms with Gasteiger partial charge in [0.05, 0.1) is 16.8 Å².